The van der Waals surface area contributed by atoms with Crippen molar-refractivity contribution in [2.75, 3.05) is 25.1 Å². The van der Waals surface area contributed by atoms with Gasteiger partial charge in [0.2, 0.25) is 5.91 Å². The largest absolute Gasteiger partial charge is 0.346 e. The minimum atomic E-state index is -0.0516. The third-order valence-corrected chi connectivity index (χ3v) is 4.98. The molecule has 0 spiro atoms. The first-order chi connectivity index (χ1) is 11.3. The van der Waals surface area contributed by atoms with E-state index in [4.69, 9.17) is 0 Å². The molecule has 1 aliphatic heterocycles. The van der Waals surface area contributed by atoms with Gasteiger partial charge in [-0.2, -0.15) is 11.8 Å². The molecule has 1 amide bonds. The second kappa shape index (κ2) is 10.9. The first kappa shape index (κ1) is 22.1. The summed E-state index contributed by atoms with van der Waals surface area (Å²) in [6, 6.07) is 7.94. The number of H-pyrrole nitrogens is 1. The van der Waals surface area contributed by atoms with Crippen LogP contribution >= 0.6 is 36.6 Å². The van der Waals surface area contributed by atoms with Crippen molar-refractivity contribution in [1.82, 2.24) is 20.6 Å². The molecule has 1 aromatic heterocycles. The lowest BCUT2D eigenvalue weighted by Crippen LogP contribution is -2.42. The fourth-order valence-corrected chi connectivity index (χ4v) is 3.49. The van der Waals surface area contributed by atoms with Crippen LogP contribution in [0.1, 0.15) is 31.1 Å². The maximum atomic E-state index is 12.6. The highest BCUT2D eigenvalue weighted by atomic mass is 35.5. The SMILES string of the molecule is CSCCC(NC(=O)C1CCCNC1)c1nc2ccccc2[nH]1.Cl.Cl. The number of carbonyl (C=O) groups excluding carboxylic acids is 1. The van der Waals surface area contributed by atoms with Crippen LogP contribution in [0.3, 0.4) is 0 Å². The van der Waals surface area contributed by atoms with E-state index in [0.29, 0.717) is 0 Å². The van der Waals surface area contributed by atoms with Gasteiger partial charge in [0.05, 0.1) is 23.0 Å². The molecular formula is C17H26Cl2N4OS. The molecule has 1 saturated heterocycles. The van der Waals surface area contributed by atoms with E-state index in [2.05, 4.69) is 26.9 Å². The van der Waals surface area contributed by atoms with Gasteiger partial charge in [0.25, 0.3) is 0 Å². The summed E-state index contributed by atoms with van der Waals surface area (Å²) < 4.78 is 0. The van der Waals surface area contributed by atoms with Crippen molar-refractivity contribution in [3.63, 3.8) is 0 Å². The normalized spacial score (nSPS) is 18.0. The number of thioether (sulfide) groups is 1. The Hall–Kier alpha value is -0.950. The molecule has 2 atom stereocenters. The van der Waals surface area contributed by atoms with E-state index in [1.165, 1.54) is 0 Å². The van der Waals surface area contributed by atoms with Gasteiger partial charge >= 0.3 is 0 Å². The average molecular weight is 405 g/mol. The summed E-state index contributed by atoms with van der Waals surface area (Å²) in [4.78, 5) is 20.6. The lowest BCUT2D eigenvalue weighted by atomic mass is 9.98. The van der Waals surface area contributed by atoms with Gasteiger partial charge < -0.3 is 15.6 Å². The summed E-state index contributed by atoms with van der Waals surface area (Å²) >= 11 is 1.79. The molecule has 25 heavy (non-hydrogen) atoms. The third kappa shape index (κ3) is 5.78. The van der Waals surface area contributed by atoms with Crippen LogP contribution in [0.2, 0.25) is 0 Å². The second-order valence-electron chi connectivity index (χ2n) is 6.03. The number of halogens is 2. The molecule has 140 valence electrons. The van der Waals surface area contributed by atoms with Crippen molar-refractivity contribution >= 4 is 53.5 Å². The van der Waals surface area contributed by atoms with E-state index in [9.17, 15) is 4.79 Å². The van der Waals surface area contributed by atoms with Crippen LogP contribution in [-0.4, -0.2) is 41.0 Å². The van der Waals surface area contributed by atoms with E-state index >= 15 is 0 Å². The topological polar surface area (TPSA) is 69.8 Å². The summed E-state index contributed by atoms with van der Waals surface area (Å²) in [7, 11) is 0. The molecule has 1 aliphatic rings. The number of aromatic amines is 1. The fraction of sp³-hybridized carbons (Fsp3) is 0.529. The number of amides is 1. The molecule has 0 radical (unpaired) electrons. The number of hydrogen-bond acceptors (Lipinski definition) is 4. The molecule has 0 bridgehead atoms. The molecule has 3 rings (SSSR count). The quantitative estimate of drug-likeness (QED) is 0.690. The minimum absolute atomic E-state index is 0. The van der Waals surface area contributed by atoms with Gasteiger partial charge in [-0.05, 0) is 49.9 Å². The number of fused-ring (bicyclic) bond motifs is 1. The Morgan fingerprint density at radius 3 is 2.88 bits per heavy atom. The Balaban J connectivity index is 0.00000156. The zero-order chi connectivity index (χ0) is 16.1. The standard InChI is InChI=1S/C17H24N4OS.2ClH/c1-23-10-8-15(21-17(22)12-5-4-9-18-11-12)16-19-13-6-2-3-7-14(13)20-16;;/h2-3,6-7,12,15,18H,4-5,8-11H2,1H3,(H,19,20)(H,21,22);2*1H. The third-order valence-electron chi connectivity index (χ3n) is 4.33. The maximum Gasteiger partial charge on any atom is 0.224 e. The van der Waals surface area contributed by atoms with Crippen LogP contribution in [-0.2, 0) is 4.79 Å². The summed E-state index contributed by atoms with van der Waals surface area (Å²) in [6.07, 6.45) is 5.00. The average Bonchev–Trinajstić information content (AvgIpc) is 3.03. The van der Waals surface area contributed by atoms with Crippen molar-refractivity contribution in [2.24, 2.45) is 5.92 Å². The predicted octanol–water partition coefficient (Wildman–Crippen LogP) is 3.32. The highest BCUT2D eigenvalue weighted by Crippen LogP contribution is 2.21. The van der Waals surface area contributed by atoms with Crippen LogP contribution in [0.4, 0.5) is 0 Å². The molecular weight excluding hydrogens is 379 g/mol. The van der Waals surface area contributed by atoms with Crippen molar-refractivity contribution < 1.29 is 4.79 Å². The number of nitrogens with one attached hydrogen (secondary N) is 3. The Bertz CT molecular complexity index is 628. The van der Waals surface area contributed by atoms with E-state index in [-0.39, 0.29) is 42.7 Å². The number of carbonyl (C=O) groups is 1. The lowest BCUT2D eigenvalue weighted by molar-refractivity contribution is -0.126. The number of imidazole rings is 1. The van der Waals surface area contributed by atoms with E-state index in [0.717, 1.165) is 55.0 Å². The molecule has 1 aromatic carbocycles. The predicted molar refractivity (Wildman–Crippen MR) is 110 cm³/mol. The van der Waals surface area contributed by atoms with Gasteiger partial charge in [-0.15, -0.1) is 24.8 Å². The van der Waals surface area contributed by atoms with Crippen molar-refractivity contribution in [2.45, 2.75) is 25.3 Å². The van der Waals surface area contributed by atoms with Gasteiger partial charge in [-0.25, -0.2) is 4.98 Å². The van der Waals surface area contributed by atoms with Crippen LogP contribution < -0.4 is 10.6 Å². The van der Waals surface area contributed by atoms with Gasteiger partial charge in [0, 0.05) is 6.54 Å². The molecule has 2 aromatic rings. The molecule has 2 heterocycles. The summed E-state index contributed by atoms with van der Waals surface area (Å²) in [6.45, 7) is 1.80. The highest BCUT2D eigenvalue weighted by molar-refractivity contribution is 7.98. The van der Waals surface area contributed by atoms with Crippen molar-refractivity contribution in [3.8, 4) is 0 Å². The van der Waals surface area contributed by atoms with Gasteiger partial charge in [0.1, 0.15) is 5.82 Å². The summed E-state index contributed by atoms with van der Waals surface area (Å²) in [5, 5.41) is 6.52. The maximum absolute atomic E-state index is 12.6. The van der Waals surface area contributed by atoms with Crippen LogP contribution in [0, 0.1) is 5.92 Å². The summed E-state index contributed by atoms with van der Waals surface area (Å²) in [5.41, 5.74) is 1.97. The minimum Gasteiger partial charge on any atom is -0.346 e. The molecule has 5 nitrogen and oxygen atoms in total. The Morgan fingerprint density at radius 2 is 2.20 bits per heavy atom. The summed E-state index contributed by atoms with van der Waals surface area (Å²) in [5.74, 6) is 2.07. The zero-order valence-corrected chi connectivity index (χ0v) is 16.7. The lowest BCUT2D eigenvalue weighted by Gasteiger charge is -2.24. The molecule has 1 fully saturated rings. The molecule has 0 saturated carbocycles. The van der Waals surface area contributed by atoms with Gasteiger partial charge in [-0.3, -0.25) is 4.79 Å². The fourth-order valence-electron chi connectivity index (χ4n) is 3.02. The Kier molecular flexibility index (Phi) is 9.64. The molecule has 0 aliphatic carbocycles. The van der Waals surface area contributed by atoms with E-state index < -0.39 is 0 Å². The first-order valence-corrected chi connectivity index (χ1v) is 9.62. The second-order valence-corrected chi connectivity index (χ2v) is 7.01. The van der Waals surface area contributed by atoms with Crippen LogP contribution in [0.15, 0.2) is 24.3 Å². The molecule has 2 unspecified atom stereocenters. The monoisotopic (exact) mass is 404 g/mol. The Morgan fingerprint density at radius 1 is 1.40 bits per heavy atom. The van der Waals surface area contributed by atoms with E-state index in [1.54, 1.807) is 11.8 Å². The van der Waals surface area contributed by atoms with Crippen molar-refractivity contribution in [3.05, 3.63) is 30.1 Å². The van der Waals surface area contributed by atoms with E-state index in [1.807, 2.05) is 24.3 Å². The number of piperidine rings is 1. The number of rotatable bonds is 6. The van der Waals surface area contributed by atoms with Gasteiger partial charge in [0.15, 0.2) is 0 Å². The van der Waals surface area contributed by atoms with Crippen molar-refractivity contribution in [1.29, 1.82) is 0 Å². The number of benzene rings is 1. The Labute approximate surface area is 165 Å². The number of hydrogen-bond donors (Lipinski definition) is 3. The number of aromatic nitrogens is 2. The number of para-hydroxylation sites is 2. The zero-order valence-electron chi connectivity index (χ0n) is 14.3. The molecule has 3 N–H and O–H groups in total. The van der Waals surface area contributed by atoms with Crippen LogP contribution in [0.25, 0.3) is 11.0 Å². The number of nitrogens with zero attached hydrogens (tertiary/aromatic N) is 1. The first-order valence-electron chi connectivity index (χ1n) is 8.22. The highest BCUT2D eigenvalue weighted by Gasteiger charge is 2.25. The molecule has 8 heteroatoms. The van der Waals surface area contributed by atoms with Gasteiger partial charge in [-0.1, -0.05) is 12.1 Å². The van der Waals surface area contributed by atoms with Crippen LogP contribution in [0.5, 0.6) is 0 Å². The smallest absolute Gasteiger partial charge is 0.224 e.